The molecule has 1 aliphatic rings. The van der Waals surface area contributed by atoms with Crippen LogP contribution in [-0.2, 0) is 0 Å². The summed E-state index contributed by atoms with van der Waals surface area (Å²) >= 11 is 0. The van der Waals surface area contributed by atoms with E-state index in [2.05, 4.69) is 42.5 Å². The predicted octanol–water partition coefficient (Wildman–Crippen LogP) is 1.82. The van der Waals surface area contributed by atoms with Crippen LogP contribution in [0.25, 0.3) is 0 Å². The average Bonchev–Trinajstić information content (AvgIpc) is 1.96. The lowest BCUT2D eigenvalue weighted by Gasteiger charge is -2.26. The highest BCUT2D eigenvalue weighted by Crippen LogP contribution is 2.69. The van der Waals surface area contributed by atoms with E-state index >= 15 is 0 Å². The summed E-state index contributed by atoms with van der Waals surface area (Å²) in [4.78, 5) is 0. The highest BCUT2D eigenvalue weighted by molar-refractivity contribution is 6.71. The summed E-state index contributed by atoms with van der Waals surface area (Å²) in [5, 5.41) is 1.24. The van der Waals surface area contributed by atoms with Gasteiger partial charge in [0.2, 0.25) is 0 Å². The van der Waals surface area contributed by atoms with E-state index in [1.54, 1.807) is 0 Å². The first kappa shape index (κ1) is 9.22. The van der Waals surface area contributed by atoms with Gasteiger partial charge in [-0.25, -0.2) is 0 Å². The Bertz CT molecular complexity index is 167. The fourth-order valence-electron chi connectivity index (χ4n) is 2.40. The Morgan fingerprint density at radius 2 is 1.64 bits per heavy atom. The number of rotatable bonds is 1. The van der Waals surface area contributed by atoms with Crippen LogP contribution in [-0.4, -0.2) is 15.1 Å². The Kier molecular flexibility index (Phi) is 1.75. The third-order valence-corrected chi connectivity index (χ3v) is 3.26. The second kappa shape index (κ2) is 2.08. The molecule has 0 aliphatic carbocycles. The van der Waals surface area contributed by atoms with E-state index in [1.165, 1.54) is 13.7 Å². The van der Waals surface area contributed by atoms with Gasteiger partial charge in [0.25, 0.3) is 0 Å². The van der Waals surface area contributed by atoms with Crippen molar-refractivity contribution in [2.24, 2.45) is 5.41 Å². The van der Waals surface area contributed by atoms with E-state index < -0.39 is 0 Å². The van der Waals surface area contributed by atoms with Crippen LogP contribution in [0.4, 0.5) is 0 Å². The van der Waals surface area contributed by atoms with Crippen LogP contribution in [0.5, 0.6) is 0 Å². The highest BCUT2D eigenvalue weighted by atomic mass is 14.4. The van der Waals surface area contributed by atoms with Crippen molar-refractivity contribution in [2.45, 2.75) is 51.6 Å². The molecule has 1 atom stereocenters. The lowest BCUT2D eigenvalue weighted by Crippen LogP contribution is -2.12. The zero-order valence-electron chi connectivity index (χ0n) is 8.91. The van der Waals surface area contributed by atoms with Gasteiger partial charge in [0.05, 0.1) is 7.85 Å². The third kappa shape index (κ3) is 1.83. The molecule has 0 spiro atoms. The van der Waals surface area contributed by atoms with Crippen LogP contribution in [0.3, 0.4) is 0 Å². The SMILES string of the molecule is BC1(CC(C)(C)C)BC1(C)C. The molecule has 0 aromatic heterocycles. The molecule has 11 heavy (non-hydrogen) atoms. The van der Waals surface area contributed by atoms with E-state index in [0.717, 1.165) is 0 Å². The number of hydrogen-bond acceptors (Lipinski definition) is 0. The average molecular weight is 150 g/mol. The van der Waals surface area contributed by atoms with Crippen LogP contribution in [0, 0.1) is 5.41 Å². The molecule has 2 heteroatoms. The minimum atomic E-state index is 0.502. The molecule has 1 unspecified atom stereocenters. The Hall–Kier alpha value is 0.130. The molecule has 0 amide bonds. The van der Waals surface area contributed by atoms with Gasteiger partial charge >= 0.3 is 0 Å². The second-order valence-electron chi connectivity index (χ2n) is 6.36. The van der Waals surface area contributed by atoms with Gasteiger partial charge in [-0.15, -0.1) is 0 Å². The molecule has 62 valence electrons. The van der Waals surface area contributed by atoms with Crippen molar-refractivity contribution in [1.82, 2.24) is 0 Å². The molecular weight excluding hydrogens is 130 g/mol. The Morgan fingerprint density at radius 3 is 1.73 bits per heavy atom. The smallest absolute Gasteiger partial charge is 0.0817 e. The molecule has 0 N–H and O–H groups in total. The van der Waals surface area contributed by atoms with Gasteiger partial charge in [0, 0.05) is 0 Å². The Balaban J connectivity index is 2.54. The molecule has 0 radical (unpaired) electrons. The normalized spacial score (nSPS) is 34.6. The van der Waals surface area contributed by atoms with E-state index in [4.69, 9.17) is 0 Å². The van der Waals surface area contributed by atoms with Crippen LogP contribution in [0.15, 0.2) is 0 Å². The van der Waals surface area contributed by atoms with Crippen molar-refractivity contribution in [3.8, 4) is 0 Å². The lowest BCUT2D eigenvalue weighted by molar-refractivity contribution is 0.352. The van der Waals surface area contributed by atoms with Crippen LogP contribution in [0.1, 0.15) is 41.0 Å². The zero-order valence-corrected chi connectivity index (χ0v) is 8.91. The fourth-order valence-corrected chi connectivity index (χ4v) is 2.40. The summed E-state index contributed by atoms with van der Waals surface area (Å²) in [5.41, 5.74) is 0.502. The van der Waals surface area contributed by atoms with Gasteiger partial charge in [-0.2, -0.15) is 0 Å². The van der Waals surface area contributed by atoms with Crippen molar-refractivity contribution in [3.63, 3.8) is 0 Å². The predicted molar refractivity (Wildman–Crippen MR) is 56.5 cm³/mol. The molecule has 0 aromatic rings. The quantitative estimate of drug-likeness (QED) is 0.500. The maximum Gasteiger partial charge on any atom is 0.124 e. The zero-order chi connectivity index (χ0) is 8.91. The van der Waals surface area contributed by atoms with Crippen molar-refractivity contribution in [3.05, 3.63) is 0 Å². The van der Waals surface area contributed by atoms with Crippen molar-refractivity contribution in [2.75, 3.05) is 0 Å². The van der Waals surface area contributed by atoms with Crippen molar-refractivity contribution < 1.29 is 0 Å². The summed E-state index contributed by atoms with van der Waals surface area (Å²) in [6.07, 6.45) is 1.37. The van der Waals surface area contributed by atoms with E-state index in [0.29, 0.717) is 15.9 Å². The first-order valence-electron chi connectivity index (χ1n) is 4.66. The standard InChI is InChI=1S/C9H20B2/c1-7(2,3)6-9(10)8(4,5)11-9/h11H,6,10H2,1-5H3. The lowest BCUT2D eigenvalue weighted by atomic mass is 9.63. The van der Waals surface area contributed by atoms with E-state index in [9.17, 15) is 0 Å². The van der Waals surface area contributed by atoms with E-state index in [1.807, 2.05) is 0 Å². The maximum atomic E-state index is 2.43. The summed E-state index contributed by atoms with van der Waals surface area (Å²) in [6.45, 7) is 11.8. The van der Waals surface area contributed by atoms with Gasteiger partial charge in [-0.1, -0.05) is 51.6 Å². The third-order valence-electron chi connectivity index (χ3n) is 3.26. The maximum absolute atomic E-state index is 2.43. The van der Waals surface area contributed by atoms with E-state index in [-0.39, 0.29) is 0 Å². The van der Waals surface area contributed by atoms with Gasteiger partial charge in [0.15, 0.2) is 0 Å². The summed E-state index contributed by atoms with van der Waals surface area (Å²) in [7, 11) is 3.84. The van der Waals surface area contributed by atoms with Crippen molar-refractivity contribution in [1.29, 1.82) is 0 Å². The molecule has 1 aliphatic heterocycles. The molecule has 0 aromatic carbocycles. The minimum absolute atomic E-state index is 0.502. The molecule has 1 saturated heterocycles. The minimum Gasteiger partial charge on any atom is -0.0817 e. The monoisotopic (exact) mass is 150 g/mol. The van der Waals surface area contributed by atoms with Gasteiger partial charge in [0.1, 0.15) is 7.28 Å². The molecule has 0 saturated carbocycles. The molecule has 1 fully saturated rings. The van der Waals surface area contributed by atoms with Crippen LogP contribution < -0.4 is 0 Å². The van der Waals surface area contributed by atoms with Crippen LogP contribution >= 0.6 is 0 Å². The van der Waals surface area contributed by atoms with Gasteiger partial charge in [-0.3, -0.25) is 0 Å². The largest absolute Gasteiger partial charge is 0.124 e. The van der Waals surface area contributed by atoms with Gasteiger partial charge in [-0.05, 0) is 5.41 Å². The summed E-state index contributed by atoms with van der Waals surface area (Å²) in [5.74, 6) is 0. The molecule has 1 heterocycles. The second-order valence-corrected chi connectivity index (χ2v) is 6.36. The highest BCUT2D eigenvalue weighted by Gasteiger charge is 2.58. The fraction of sp³-hybridized carbons (Fsp3) is 1.00. The summed E-state index contributed by atoms with van der Waals surface area (Å²) in [6, 6.07) is 0. The van der Waals surface area contributed by atoms with Gasteiger partial charge < -0.3 is 0 Å². The number of hydrogen-bond donors (Lipinski definition) is 0. The van der Waals surface area contributed by atoms with Crippen molar-refractivity contribution >= 4 is 15.1 Å². The Labute approximate surface area is 72.8 Å². The molecule has 0 bridgehead atoms. The Morgan fingerprint density at radius 1 is 1.27 bits per heavy atom. The summed E-state index contributed by atoms with van der Waals surface area (Å²) < 4.78 is 0. The molecular formula is C9H20B2. The first-order valence-corrected chi connectivity index (χ1v) is 4.66. The molecule has 0 nitrogen and oxygen atoms in total. The first-order chi connectivity index (χ1) is 4.66. The molecule has 1 rings (SSSR count). The van der Waals surface area contributed by atoms with Crippen LogP contribution in [0.2, 0.25) is 10.5 Å². The topological polar surface area (TPSA) is 0 Å².